The summed E-state index contributed by atoms with van der Waals surface area (Å²) < 4.78 is 32.8. The zero-order valence-corrected chi connectivity index (χ0v) is 19.1. The number of hydrogen-bond donors (Lipinski definition) is 1. The highest BCUT2D eigenvalue weighted by Gasteiger charge is 2.29. The molecule has 0 radical (unpaired) electrons. The van der Waals surface area contributed by atoms with Gasteiger partial charge in [0.1, 0.15) is 16.6 Å². The molecule has 0 unspecified atom stereocenters. The van der Waals surface area contributed by atoms with E-state index in [-0.39, 0.29) is 12.5 Å². The second kappa shape index (κ2) is 10.3. The molecule has 0 bridgehead atoms. The van der Waals surface area contributed by atoms with Gasteiger partial charge in [-0.15, -0.1) is 11.3 Å². The predicted molar refractivity (Wildman–Crippen MR) is 125 cm³/mol. The van der Waals surface area contributed by atoms with Crippen LogP contribution in [0.15, 0.2) is 76.3 Å². The van der Waals surface area contributed by atoms with Gasteiger partial charge in [-0.2, -0.15) is 4.31 Å². The fourth-order valence-electron chi connectivity index (χ4n) is 3.44. The van der Waals surface area contributed by atoms with E-state index in [4.69, 9.17) is 4.74 Å². The fraction of sp³-hybridized carbons (Fsp3) is 0.261. The molecule has 1 fully saturated rings. The molecule has 3 aromatic rings. The average Bonchev–Trinajstić information content (AvgIpc) is 3.36. The monoisotopic (exact) mass is 471 g/mol. The first-order valence-electron chi connectivity index (χ1n) is 10.3. The van der Waals surface area contributed by atoms with Gasteiger partial charge >= 0.3 is 0 Å². The van der Waals surface area contributed by atoms with Crippen molar-refractivity contribution < 1.29 is 17.9 Å². The Morgan fingerprint density at radius 1 is 0.938 bits per heavy atom. The van der Waals surface area contributed by atoms with Crippen LogP contribution < -0.4 is 10.1 Å². The third kappa shape index (κ3) is 5.74. The molecular formula is C23H25N3O4S2. The minimum absolute atomic E-state index is 0.127. The third-order valence-corrected chi connectivity index (χ3v) is 8.45. The van der Waals surface area contributed by atoms with E-state index < -0.39 is 10.0 Å². The lowest BCUT2D eigenvalue weighted by Crippen LogP contribution is -2.50. The summed E-state index contributed by atoms with van der Waals surface area (Å²) in [6, 6.07) is 20.6. The van der Waals surface area contributed by atoms with Crippen molar-refractivity contribution >= 4 is 33.0 Å². The maximum atomic E-state index is 12.6. The molecule has 7 nitrogen and oxygen atoms in total. The average molecular weight is 472 g/mol. The van der Waals surface area contributed by atoms with Crippen LogP contribution in [0.5, 0.6) is 5.75 Å². The van der Waals surface area contributed by atoms with Gasteiger partial charge in [-0.3, -0.25) is 9.69 Å². The van der Waals surface area contributed by atoms with E-state index in [9.17, 15) is 13.2 Å². The summed E-state index contributed by atoms with van der Waals surface area (Å²) in [5.41, 5.74) is 1.79. The van der Waals surface area contributed by atoms with Crippen molar-refractivity contribution in [3.8, 4) is 5.75 Å². The number of sulfonamides is 1. The van der Waals surface area contributed by atoms with Gasteiger partial charge in [0.25, 0.3) is 10.0 Å². The van der Waals surface area contributed by atoms with E-state index in [1.54, 1.807) is 17.5 Å². The molecule has 0 atom stereocenters. The lowest BCUT2D eigenvalue weighted by atomic mass is 10.2. The topological polar surface area (TPSA) is 79.0 Å². The standard InChI is InChI=1S/C23H25N3O4S2/c27-22(17-25-12-14-26(15-13-25)32(28,29)23-7-4-16-31-23)24-20-8-10-21(11-9-20)30-18-19-5-2-1-3-6-19/h1-11,16H,12-15,17-18H2,(H,24,27). The number of hydrogen-bond acceptors (Lipinski definition) is 6. The van der Waals surface area contributed by atoms with E-state index in [2.05, 4.69) is 5.32 Å². The summed E-state index contributed by atoms with van der Waals surface area (Å²) in [7, 11) is -3.43. The van der Waals surface area contributed by atoms with Gasteiger partial charge < -0.3 is 10.1 Å². The van der Waals surface area contributed by atoms with Crippen LogP contribution in [0.25, 0.3) is 0 Å². The van der Waals surface area contributed by atoms with E-state index >= 15 is 0 Å². The van der Waals surface area contributed by atoms with Crippen molar-refractivity contribution in [2.24, 2.45) is 0 Å². The van der Waals surface area contributed by atoms with Crippen molar-refractivity contribution in [2.45, 2.75) is 10.8 Å². The molecule has 2 aromatic carbocycles. The van der Waals surface area contributed by atoms with Gasteiger partial charge in [0.2, 0.25) is 5.91 Å². The molecule has 1 saturated heterocycles. The number of nitrogens with zero attached hydrogens (tertiary/aromatic N) is 2. The number of carbonyl (C=O) groups is 1. The Morgan fingerprint density at radius 2 is 1.66 bits per heavy atom. The molecule has 1 N–H and O–H groups in total. The lowest BCUT2D eigenvalue weighted by molar-refractivity contribution is -0.117. The van der Waals surface area contributed by atoms with Gasteiger partial charge in [0.15, 0.2) is 0 Å². The van der Waals surface area contributed by atoms with Gasteiger partial charge in [0, 0.05) is 31.9 Å². The molecule has 1 aromatic heterocycles. The maximum absolute atomic E-state index is 12.6. The first kappa shape index (κ1) is 22.5. The van der Waals surface area contributed by atoms with Crippen LogP contribution in [0.2, 0.25) is 0 Å². The van der Waals surface area contributed by atoms with Crippen molar-refractivity contribution in [3.63, 3.8) is 0 Å². The van der Waals surface area contributed by atoms with Crippen molar-refractivity contribution in [2.75, 3.05) is 38.0 Å². The molecule has 2 heterocycles. The van der Waals surface area contributed by atoms with E-state index in [0.29, 0.717) is 42.7 Å². The van der Waals surface area contributed by atoms with Gasteiger partial charge in [-0.1, -0.05) is 36.4 Å². The van der Waals surface area contributed by atoms with Crippen LogP contribution in [-0.2, 0) is 21.4 Å². The quantitative estimate of drug-likeness (QED) is 0.546. The number of nitrogens with one attached hydrogen (secondary N) is 1. The van der Waals surface area contributed by atoms with Crippen LogP contribution in [0.4, 0.5) is 5.69 Å². The third-order valence-electron chi connectivity index (χ3n) is 5.17. The highest BCUT2D eigenvalue weighted by molar-refractivity contribution is 7.91. The van der Waals surface area contributed by atoms with Crippen LogP contribution in [0.3, 0.4) is 0 Å². The number of thiophene rings is 1. The van der Waals surface area contributed by atoms with E-state index in [0.717, 1.165) is 11.3 Å². The predicted octanol–water partition coefficient (Wildman–Crippen LogP) is 3.27. The number of rotatable bonds is 8. The van der Waals surface area contributed by atoms with Gasteiger partial charge in [-0.05, 0) is 41.3 Å². The van der Waals surface area contributed by atoms with Crippen LogP contribution in [0.1, 0.15) is 5.56 Å². The van der Waals surface area contributed by atoms with Crippen LogP contribution in [0, 0.1) is 0 Å². The Labute approximate surface area is 192 Å². The van der Waals surface area contributed by atoms with Crippen LogP contribution in [-0.4, -0.2) is 56.3 Å². The molecular weight excluding hydrogens is 446 g/mol. The molecule has 1 aliphatic rings. The number of carbonyl (C=O) groups excluding carboxylic acids is 1. The molecule has 9 heteroatoms. The number of piperazine rings is 1. The highest BCUT2D eigenvalue weighted by Crippen LogP contribution is 2.22. The van der Waals surface area contributed by atoms with E-state index in [1.807, 2.05) is 59.5 Å². The van der Waals surface area contributed by atoms with Gasteiger partial charge in [0.05, 0.1) is 6.54 Å². The number of amides is 1. The Kier molecular flexibility index (Phi) is 7.21. The molecule has 0 aliphatic carbocycles. The second-order valence-corrected chi connectivity index (χ2v) is 10.6. The smallest absolute Gasteiger partial charge is 0.252 e. The summed E-state index contributed by atoms with van der Waals surface area (Å²) in [5.74, 6) is 0.604. The minimum Gasteiger partial charge on any atom is -0.489 e. The zero-order valence-electron chi connectivity index (χ0n) is 17.5. The second-order valence-electron chi connectivity index (χ2n) is 7.46. The Morgan fingerprint density at radius 3 is 2.31 bits per heavy atom. The minimum atomic E-state index is -3.43. The maximum Gasteiger partial charge on any atom is 0.252 e. The molecule has 0 spiro atoms. The summed E-state index contributed by atoms with van der Waals surface area (Å²) in [6.45, 7) is 2.50. The first-order chi connectivity index (χ1) is 15.5. The molecule has 0 saturated carbocycles. The fourth-order valence-corrected chi connectivity index (χ4v) is 6.01. The lowest BCUT2D eigenvalue weighted by Gasteiger charge is -2.33. The highest BCUT2D eigenvalue weighted by atomic mass is 32.2. The normalized spacial score (nSPS) is 15.4. The summed E-state index contributed by atoms with van der Waals surface area (Å²) in [5, 5.41) is 4.65. The molecule has 1 aliphatic heterocycles. The van der Waals surface area contributed by atoms with E-state index in [1.165, 1.54) is 15.6 Å². The summed E-state index contributed by atoms with van der Waals surface area (Å²) in [6.07, 6.45) is 0. The molecule has 4 rings (SSSR count). The Hall–Kier alpha value is -2.72. The summed E-state index contributed by atoms with van der Waals surface area (Å²) in [4.78, 5) is 14.4. The van der Waals surface area contributed by atoms with Crippen molar-refractivity contribution in [3.05, 3.63) is 77.7 Å². The van der Waals surface area contributed by atoms with Crippen molar-refractivity contribution in [1.82, 2.24) is 9.21 Å². The number of anilines is 1. The number of benzene rings is 2. The molecule has 168 valence electrons. The molecule has 1 amide bonds. The Balaban J connectivity index is 1.22. The largest absolute Gasteiger partial charge is 0.489 e. The zero-order chi connectivity index (χ0) is 22.4. The molecule has 32 heavy (non-hydrogen) atoms. The van der Waals surface area contributed by atoms with Gasteiger partial charge in [-0.25, -0.2) is 8.42 Å². The van der Waals surface area contributed by atoms with Crippen molar-refractivity contribution in [1.29, 1.82) is 0 Å². The van der Waals surface area contributed by atoms with Crippen LogP contribution >= 0.6 is 11.3 Å². The summed E-state index contributed by atoms with van der Waals surface area (Å²) >= 11 is 1.22. The first-order valence-corrected chi connectivity index (χ1v) is 12.7. The number of ether oxygens (including phenoxy) is 1. The SMILES string of the molecule is O=C(CN1CCN(S(=O)(=O)c2cccs2)CC1)Nc1ccc(OCc2ccccc2)cc1. The Bertz CT molecular complexity index is 1110.